The first-order valence-corrected chi connectivity index (χ1v) is 6.65. The molecule has 0 bridgehead atoms. The van der Waals surface area contributed by atoms with Crippen molar-refractivity contribution in [3.8, 4) is 0 Å². The van der Waals surface area contributed by atoms with Gasteiger partial charge in [0.25, 0.3) is 0 Å². The van der Waals surface area contributed by atoms with Crippen LogP contribution in [0.3, 0.4) is 0 Å². The van der Waals surface area contributed by atoms with Crippen LogP contribution in [0.15, 0.2) is 18.2 Å². The number of amides is 1. The third-order valence-electron chi connectivity index (χ3n) is 3.45. The number of nitrogens with two attached hydrogens (primary N) is 1. The molecule has 1 amide bonds. The van der Waals surface area contributed by atoms with Gasteiger partial charge in [0.1, 0.15) is 5.82 Å². The molecule has 0 spiro atoms. The van der Waals surface area contributed by atoms with Crippen LogP contribution in [0.25, 0.3) is 11.0 Å². The Labute approximate surface area is 111 Å². The Morgan fingerprint density at radius 2 is 2.32 bits per heavy atom. The van der Waals surface area contributed by atoms with Gasteiger partial charge in [-0.15, -0.1) is 0 Å². The predicted molar refractivity (Wildman–Crippen MR) is 74.8 cm³/mol. The molecule has 5 nitrogen and oxygen atoms in total. The van der Waals surface area contributed by atoms with Crippen LogP contribution in [-0.4, -0.2) is 22.0 Å². The number of rotatable bonds is 4. The fraction of sp³-hybridized carbons (Fsp3) is 0.429. The third-order valence-corrected chi connectivity index (χ3v) is 3.45. The van der Waals surface area contributed by atoms with E-state index in [1.165, 1.54) is 19.8 Å². The number of nitrogen functional groups attached to an aromatic ring is 1. The average Bonchev–Trinajstić information content (AvgIpc) is 3.13. The lowest BCUT2D eigenvalue weighted by molar-refractivity contribution is -0.118. The molecule has 2 aromatic rings. The van der Waals surface area contributed by atoms with Crippen LogP contribution >= 0.6 is 0 Å². The molecule has 3 N–H and O–H groups in total. The summed E-state index contributed by atoms with van der Waals surface area (Å²) in [7, 11) is 0. The number of imidazole rings is 1. The highest BCUT2D eigenvalue weighted by molar-refractivity contribution is 5.80. The molecule has 1 aliphatic carbocycles. The van der Waals surface area contributed by atoms with Crippen molar-refractivity contribution in [1.82, 2.24) is 14.9 Å². The largest absolute Gasteiger partial charge is 0.399 e. The Balaban J connectivity index is 1.94. The fourth-order valence-electron chi connectivity index (χ4n) is 2.40. The van der Waals surface area contributed by atoms with E-state index in [4.69, 9.17) is 10.7 Å². The molecule has 19 heavy (non-hydrogen) atoms. The molecule has 1 fully saturated rings. The number of carbonyl (C=O) groups is 1. The summed E-state index contributed by atoms with van der Waals surface area (Å²) in [6.07, 6.45) is 2.41. The number of aromatic nitrogens is 2. The molecule has 1 saturated carbocycles. The van der Waals surface area contributed by atoms with Crippen molar-refractivity contribution < 1.29 is 4.79 Å². The summed E-state index contributed by atoms with van der Waals surface area (Å²) >= 11 is 0. The minimum atomic E-state index is 0.00152. The summed E-state index contributed by atoms with van der Waals surface area (Å²) in [6.45, 7) is 2.92. The van der Waals surface area contributed by atoms with Crippen LogP contribution in [0.5, 0.6) is 0 Å². The zero-order valence-electron chi connectivity index (χ0n) is 11.0. The van der Waals surface area contributed by atoms with Crippen LogP contribution in [0, 0.1) is 0 Å². The number of fused-ring (bicyclic) bond motifs is 1. The van der Waals surface area contributed by atoms with Crippen LogP contribution in [0.2, 0.25) is 0 Å². The molecule has 0 unspecified atom stereocenters. The predicted octanol–water partition coefficient (Wildman–Crippen LogP) is 1.63. The van der Waals surface area contributed by atoms with Crippen molar-refractivity contribution in [1.29, 1.82) is 0 Å². The van der Waals surface area contributed by atoms with Crippen molar-refractivity contribution in [2.24, 2.45) is 0 Å². The second kappa shape index (κ2) is 4.57. The van der Waals surface area contributed by atoms with Gasteiger partial charge < -0.3 is 15.6 Å². The molecule has 1 aromatic heterocycles. The highest BCUT2D eigenvalue weighted by atomic mass is 16.1. The summed E-state index contributed by atoms with van der Waals surface area (Å²) in [5, 5.41) is 2.83. The molecule has 3 rings (SSSR count). The van der Waals surface area contributed by atoms with Gasteiger partial charge >= 0.3 is 0 Å². The van der Waals surface area contributed by atoms with Crippen molar-refractivity contribution in [2.75, 3.05) is 12.3 Å². The van der Waals surface area contributed by atoms with Crippen molar-refractivity contribution in [2.45, 2.75) is 32.2 Å². The smallest absolute Gasteiger partial charge is 0.216 e. The van der Waals surface area contributed by atoms with Gasteiger partial charge in [0.15, 0.2) is 0 Å². The van der Waals surface area contributed by atoms with Gasteiger partial charge in [-0.05, 0) is 31.0 Å². The maximum Gasteiger partial charge on any atom is 0.216 e. The van der Waals surface area contributed by atoms with Crippen molar-refractivity contribution in [3.05, 3.63) is 24.0 Å². The Morgan fingerprint density at radius 3 is 3.00 bits per heavy atom. The standard InChI is InChI=1S/C14H18N4O/c1-9(19)16-6-7-18-13-5-4-11(15)8-12(13)17-14(18)10-2-3-10/h4-5,8,10H,2-3,6-7,15H2,1H3,(H,16,19). The second-order valence-corrected chi connectivity index (χ2v) is 5.13. The van der Waals surface area contributed by atoms with Crippen LogP contribution in [0.1, 0.15) is 31.5 Å². The molecular formula is C14H18N4O. The first kappa shape index (κ1) is 12.0. The highest BCUT2D eigenvalue weighted by Crippen LogP contribution is 2.40. The number of carbonyl (C=O) groups excluding carboxylic acids is 1. The molecule has 0 atom stereocenters. The molecule has 100 valence electrons. The zero-order valence-corrected chi connectivity index (χ0v) is 11.0. The maximum absolute atomic E-state index is 11.0. The van der Waals surface area contributed by atoms with E-state index in [1.807, 2.05) is 18.2 Å². The van der Waals surface area contributed by atoms with Gasteiger partial charge in [0.05, 0.1) is 11.0 Å². The van der Waals surface area contributed by atoms with Crippen LogP contribution in [-0.2, 0) is 11.3 Å². The Bertz CT molecular complexity index is 628. The molecule has 0 saturated heterocycles. The SMILES string of the molecule is CC(=O)NCCn1c(C2CC2)nc2cc(N)ccc21. The van der Waals surface area contributed by atoms with E-state index < -0.39 is 0 Å². The summed E-state index contributed by atoms with van der Waals surface area (Å²) in [5.74, 6) is 1.71. The molecule has 0 radical (unpaired) electrons. The van der Waals surface area contributed by atoms with Gasteiger partial charge in [-0.2, -0.15) is 0 Å². The minimum Gasteiger partial charge on any atom is -0.399 e. The lowest BCUT2D eigenvalue weighted by Gasteiger charge is -2.09. The summed E-state index contributed by atoms with van der Waals surface area (Å²) in [6, 6.07) is 5.82. The van der Waals surface area contributed by atoms with Gasteiger partial charge in [-0.1, -0.05) is 0 Å². The summed E-state index contributed by atoms with van der Waals surface area (Å²) in [4.78, 5) is 15.7. The lowest BCUT2D eigenvalue weighted by atomic mass is 10.3. The minimum absolute atomic E-state index is 0.00152. The molecule has 1 heterocycles. The quantitative estimate of drug-likeness (QED) is 0.819. The molecule has 0 aliphatic heterocycles. The highest BCUT2D eigenvalue weighted by Gasteiger charge is 2.29. The van der Waals surface area contributed by atoms with E-state index in [1.54, 1.807) is 0 Å². The monoisotopic (exact) mass is 258 g/mol. The Morgan fingerprint density at radius 1 is 1.53 bits per heavy atom. The number of hydrogen-bond donors (Lipinski definition) is 2. The topological polar surface area (TPSA) is 72.9 Å². The van der Waals surface area contributed by atoms with Gasteiger partial charge in [-0.25, -0.2) is 4.98 Å². The van der Waals surface area contributed by atoms with E-state index in [-0.39, 0.29) is 5.91 Å². The van der Waals surface area contributed by atoms with E-state index in [2.05, 4.69) is 9.88 Å². The van der Waals surface area contributed by atoms with E-state index in [0.717, 1.165) is 29.1 Å². The second-order valence-electron chi connectivity index (χ2n) is 5.13. The zero-order chi connectivity index (χ0) is 13.4. The van der Waals surface area contributed by atoms with Crippen LogP contribution < -0.4 is 11.1 Å². The number of anilines is 1. The van der Waals surface area contributed by atoms with Gasteiger partial charge in [-0.3, -0.25) is 4.79 Å². The molecular weight excluding hydrogens is 240 g/mol. The number of benzene rings is 1. The molecule has 5 heteroatoms. The summed E-state index contributed by atoms with van der Waals surface area (Å²) in [5.41, 5.74) is 8.59. The van der Waals surface area contributed by atoms with E-state index >= 15 is 0 Å². The first-order chi connectivity index (χ1) is 9.15. The fourth-order valence-corrected chi connectivity index (χ4v) is 2.40. The average molecular weight is 258 g/mol. The summed E-state index contributed by atoms with van der Waals surface area (Å²) < 4.78 is 2.21. The normalized spacial score (nSPS) is 14.8. The maximum atomic E-state index is 11.0. The number of nitrogens with zero attached hydrogens (tertiary/aromatic N) is 2. The number of nitrogens with one attached hydrogen (secondary N) is 1. The lowest BCUT2D eigenvalue weighted by Crippen LogP contribution is -2.25. The third kappa shape index (κ3) is 2.41. The van der Waals surface area contributed by atoms with Crippen molar-refractivity contribution in [3.63, 3.8) is 0 Å². The van der Waals surface area contributed by atoms with Gasteiger partial charge in [0, 0.05) is 31.6 Å². The van der Waals surface area contributed by atoms with E-state index in [0.29, 0.717) is 12.5 Å². The van der Waals surface area contributed by atoms with Gasteiger partial charge in [0.2, 0.25) is 5.91 Å². The van der Waals surface area contributed by atoms with E-state index in [9.17, 15) is 4.79 Å². The van der Waals surface area contributed by atoms with Crippen LogP contribution in [0.4, 0.5) is 5.69 Å². The first-order valence-electron chi connectivity index (χ1n) is 6.65. The Kier molecular flexibility index (Phi) is 2.89. The molecule has 1 aromatic carbocycles. The number of hydrogen-bond acceptors (Lipinski definition) is 3. The van der Waals surface area contributed by atoms with Crippen molar-refractivity contribution >= 4 is 22.6 Å². The Hall–Kier alpha value is -2.04. The molecule has 1 aliphatic rings.